The van der Waals surface area contributed by atoms with E-state index in [2.05, 4.69) is 24.1 Å². The molecule has 0 aliphatic heterocycles. The van der Waals surface area contributed by atoms with Crippen molar-refractivity contribution < 1.29 is 19.8 Å². The predicted octanol–water partition coefficient (Wildman–Crippen LogP) is 0.205. The Hall–Kier alpha value is -1.51. The Balaban J connectivity index is 2.67. The van der Waals surface area contributed by atoms with Gasteiger partial charge >= 0.3 is 0 Å². The number of aliphatic hydroxyl groups is 2. The summed E-state index contributed by atoms with van der Waals surface area (Å²) >= 11 is 1.29. The maximum Gasteiger partial charge on any atom is 0.255 e. The summed E-state index contributed by atoms with van der Waals surface area (Å²) in [6.07, 6.45) is 0.464. The van der Waals surface area contributed by atoms with Crippen molar-refractivity contribution in [3.63, 3.8) is 0 Å². The molecule has 1 heterocycles. The number of carbonyl (C=O) groups excluding carboxylic acids is 2. The van der Waals surface area contributed by atoms with E-state index in [0.717, 1.165) is 19.3 Å². The van der Waals surface area contributed by atoms with E-state index in [-0.39, 0.29) is 6.42 Å². The molecule has 2 amide bonds. The predicted molar refractivity (Wildman–Crippen MR) is 87.7 cm³/mol. The van der Waals surface area contributed by atoms with E-state index in [1.165, 1.54) is 16.8 Å². The van der Waals surface area contributed by atoms with Gasteiger partial charge in [-0.3, -0.25) is 9.59 Å². The highest BCUT2D eigenvalue weighted by Crippen LogP contribution is 2.19. The SMILES string of the molecule is CC(C)CCCCNC(=O)[C@@](O)(Cc1cscn1)C(O)C(N)=O. The van der Waals surface area contributed by atoms with Gasteiger partial charge in [0.05, 0.1) is 11.2 Å². The van der Waals surface area contributed by atoms with Crippen molar-refractivity contribution in [2.75, 3.05) is 6.54 Å². The molecule has 7 nitrogen and oxygen atoms in total. The second kappa shape index (κ2) is 8.95. The number of unbranched alkanes of at least 4 members (excludes halogenated alkanes) is 1. The normalized spacial score (nSPS) is 15.2. The van der Waals surface area contributed by atoms with Gasteiger partial charge in [-0.2, -0.15) is 0 Å². The van der Waals surface area contributed by atoms with Gasteiger partial charge in [0.2, 0.25) is 5.91 Å². The number of amides is 2. The number of aromatic nitrogens is 1. The first-order valence-electron chi connectivity index (χ1n) is 7.62. The van der Waals surface area contributed by atoms with Gasteiger partial charge in [0, 0.05) is 18.3 Å². The average molecular weight is 343 g/mol. The van der Waals surface area contributed by atoms with Crippen molar-refractivity contribution in [1.29, 1.82) is 0 Å². The topological polar surface area (TPSA) is 126 Å². The molecule has 1 aromatic heterocycles. The Kier molecular flexibility index (Phi) is 7.60. The summed E-state index contributed by atoms with van der Waals surface area (Å²) in [6, 6.07) is 0. The largest absolute Gasteiger partial charge is 0.380 e. The van der Waals surface area contributed by atoms with Crippen molar-refractivity contribution in [2.24, 2.45) is 11.7 Å². The molecule has 0 fully saturated rings. The summed E-state index contributed by atoms with van der Waals surface area (Å²) in [7, 11) is 0. The molecule has 1 unspecified atom stereocenters. The van der Waals surface area contributed by atoms with Crippen molar-refractivity contribution in [3.05, 3.63) is 16.6 Å². The van der Waals surface area contributed by atoms with Crippen molar-refractivity contribution in [2.45, 2.75) is 51.2 Å². The molecule has 0 saturated heterocycles. The van der Waals surface area contributed by atoms with Gasteiger partial charge in [-0.05, 0) is 12.3 Å². The number of nitrogens with one attached hydrogen (secondary N) is 1. The Bertz CT molecular complexity index is 507. The van der Waals surface area contributed by atoms with Gasteiger partial charge in [-0.1, -0.05) is 26.7 Å². The lowest BCUT2D eigenvalue weighted by Gasteiger charge is -2.29. The lowest BCUT2D eigenvalue weighted by Crippen LogP contribution is -2.60. The molecule has 130 valence electrons. The van der Waals surface area contributed by atoms with Gasteiger partial charge in [-0.25, -0.2) is 4.98 Å². The molecular formula is C15H25N3O4S. The minimum Gasteiger partial charge on any atom is -0.380 e. The average Bonchev–Trinajstić information content (AvgIpc) is 2.97. The van der Waals surface area contributed by atoms with Crippen LogP contribution in [0.1, 0.15) is 38.8 Å². The Morgan fingerprint density at radius 1 is 1.43 bits per heavy atom. The Morgan fingerprint density at radius 3 is 2.65 bits per heavy atom. The maximum absolute atomic E-state index is 12.3. The van der Waals surface area contributed by atoms with Crippen LogP contribution < -0.4 is 11.1 Å². The van der Waals surface area contributed by atoms with Gasteiger partial charge in [0.25, 0.3) is 5.91 Å². The molecule has 8 heteroatoms. The standard InChI is InChI=1S/C15H25N3O4S/c1-10(2)5-3-4-6-17-14(21)15(22,12(19)13(16)20)7-11-8-23-9-18-11/h8-10,12,19,22H,3-7H2,1-2H3,(H2,16,20)(H,17,21)/t12?,15-/m1/s1. The first-order chi connectivity index (χ1) is 10.8. The summed E-state index contributed by atoms with van der Waals surface area (Å²) in [6.45, 7) is 4.60. The van der Waals surface area contributed by atoms with Crippen LogP contribution in [0.3, 0.4) is 0 Å². The molecule has 0 aliphatic rings. The van der Waals surface area contributed by atoms with E-state index in [0.29, 0.717) is 18.2 Å². The van der Waals surface area contributed by atoms with E-state index in [9.17, 15) is 19.8 Å². The zero-order valence-electron chi connectivity index (χ0n) is 13.5. The number of hydrogen-bond donors (Lipinski definition) is 4. The fourth-order valence-electron chi connectivity index (χ4n) is 2.17. The summed E-state index contributed by atoms with van der Waals surface area (Å²) in [4.78, 5) is 27.5. The molecule has 0 bridgehead atoms. The maximum atomic E-state index is 12.3. The minimum atomic E-state index is -2.32. The van der Waals surface area contributed by atoms with E-state index in [4.69, 9.17) is 5.73 Å². The third-order valence-electron chi connectivity index (χ3n) is 3.54. The van der Waals surface area contributed by atoms with Crippen LogP contribution in [-0.2, 0) is 16.0 Å². The van der Waals surface area contributed by atoms with E-state index >= 15 is 0 Å². The molecule has 0 aliphatic carbocycles. The Morgan fingerprint density at radius 2 is 2.13 bits per heavy atom. The van der Waals surface area contributed by atoms with Gasteiger partial charge in [-0.15, -0.1) is 11.3 Å². The van der Waals surface area contributed by atoms with Crippen LogP contribution in [0.4, 0.5) is 0 Å². The molecule has 5 N–H and O–H groups in total. The number of rotatable bonds is 10. The van der Waals surface area contributed by atoms with Crippen LogP contribution in [-0.4, -0.2) is 45.3 Å². The van der Waals surface area contributed by atoms with E-state index in [1.807, 2.05) is 0 Å². The number of carbonyl (C=O) groups is 2. The minimum absolute atomic E-state index is 0.279. The molecule has 2 atom stereocenters. The smallest absolute Gasteiger partial charge is 0.255 e. The number of nitrogens with two attached hydrogens (primary N) is 1. The highest BCUT2D eigenvalue weighted by atomic mass is 32.1. The van der Waals surface area contributed by atoms with Crippen LogP contribution in [0, 0.1) is 5.92 Å². The van der Waals surface area contributed by atoms with Crippen molar-refractivity contribution in [3.8, 4) is 0 Å². The molecular weight excluding hydrogens is 318 g/mol. The van der Waals surface area contributed by atoms with Crippen molar-refractivity contribution in [1.82, 2.24) is 10.3 Å². The second-order valence-corrected chi connectivity index (χ2v) is 6.75. The molecule has 0 radical (unpaired) electrons. The summed E-state index contributed by atoms with van der Waals surface area (Å²) in [5, 5.41) is 24.6. The highest BCUT2D eigenvalue weighted by molar-refractivity contribution is 7.07. The Labute approximate surface area is 139 Å². The summed E-state index contributed by atoms with van der Waals surface area (Å²) < 4.78 is 0. The van der Waals surface area contributed by atoms with Crippen LogP contribution >= 0.6 is 11.3 Å². The number of aliphatic hydroxyl groups excluding tert-OH is 1. The zero-order chi connectivity index (χ0) is 17.5. The second-order valence-electron chi connectivity index (χ2n) is 6.03. The summed E-state index contributed by atoms with van der Waals surface area (Å²) in [5.74, 6) is -1.39. The third-order valence-corrected chi connectivity index (χ3v) is 4.18. The van der Waals surface area contributed by atoms with Gasteiger partial charge in [0.15, 0.2) is 11.7 Å². The van der Waals surface area contributed by atoms with E-state index in [1.54, 1.807) is 5.38 Å². The summed E-state index contributed by atoms with van der Waals surface area (Å²) in [5.41, 5.74) is 4.68. The highest BCUT2D eigenvalue weighted by Gasteiger charge is 2.46. The fourth-order valence-corrected chi connectivity index (χ4v) is 2.73. The van der Waals surface area contributed by atoms with Crippen LogP contribution in [0.2, 0.25) is 0 Å². The monoisotopic (exact) mass is 343 g/mol. The first-order valence-corrected chi connectivity index (χ1v) is 8.56. The molecule has 23 heavy (non-hydrogen) atoms. The molecule has 1 aromatic rings. The van der Waals surface area contributed by atoms with Gasteiger partial charge < -0.3 is 21.3 Å². The molecule has 0 spiro atoms. The number of thiazole rings is 1. The number of primary amides is 1. The molecule has 0 saturated carbocycles. The molecule has 0 aromatic carbocycles. The molecule has 1 rings (SSSR count). The quantitative estimate of drug-likeness (QED) is 0.452. The first kappa shape index (κ1) is 19.5. The van der Waals surface area contributed by atoms with Crippen LogP contribution in [0.5, 0.6) is 0 Å². The van der Waals surface area contributed by atoms with Gasteiger partial charge in [0.1, 0.15) is 0 Å². The number of hydrogen-bond acceptors (Lipinski definition) is 6. The van der Waals surface area contributed by atoms with Crippen LogP contribution in [0.15, 0.2) is 10.9 Å². The zero-order valence-corrected chi connectivity index (χ0v) is 14.3. The van der Waals surface area contributed by atoms with Crippen LogP contribution in [0.25, 0.3) is 0 Å². The number of nitrogens with zero attached hydrogens (tertiary/aromatic N) is 1. The fraction of sp³-hybridized carbons (Fsp3) is 0.667. The lowest BCUT2D eigenvalue weighted by molar-refractivity contribution is -0.160. The van der Waals surface area contributed by atoms with E-state index < -0.39 is 23.5 Å². The van der Waals surface area contributed by atoms with Crippen molar-refractivity contribution >= 4 is 23.2 Å². The lowest BCUT2D eigenvalue weighted by atomic mass is 9.89. The third kappa shape index (κ3) is 5.89.